The zero-order valence-corrected chi connectivity index (χ0v) is 10.5. The number of fused-ring (bicyclic) bond motifs is 1. The van der Waals surface area contributed by atoms with Crippen molar-refractivity contribution in [2.45, 2.75) is 32.2 Å². The van der Waals surface area contributed by atoms with Crippen molar-refractivity contribution in [2.75, 3.05) is 13.1 Å². The molecule has 1 aromatic carbocycles. The Labute approximate surface area is 102 Å². The summed E-state index contributed by atoms with van der Waals surface area (Å²) in [5.74, 6) is 1.74. The number of hydrogen-bond acceptors (Lipinski definition) is 2. The van der Waals surface area contributed by atoms with Crippen LogP contribution in [0.2, 0.25) is 0 Å². The summed E-state index contributed by atoms with van der Waals surface area (Å²) in [5, 5.41) is 0. The molecule has 3 nitrogen and oxygen atoms in total. The maximum Gasteiger partial charge on any atom is 0.111 e. The minimum Gasteiger partial charge on any atom is -0.342 e. The molecule has 1 saturated heterocycles. The van der Waals surface area contributed by atoms with Crippen molar-refractivity contribution in [3.05, 3.63) is 30.1 Å². The molecule has 1 atom stereocenters. The van der Waals surface area contributed by atoms with E-state index in [0.29, 0.717) is 12.0 Å². The second kappa shape index (κ2) is 4.15. The maximum absolute atomic E-state index is 4.71. The largest absolute Gasteiger partial charge is 0.342 e. The summed E-state index contributed by atoms with van der Waals surface area (Å²) in [6.07, 6.45) is 1.22. The van der Waals surface area contributed by atoms with Gasteiger partial charge in [-0.3, -0.25) is 0 Å². The number of H-pyrrole nitrogens is 1. The zero-order chi connectivity index (χ0) is 11.8. The second-order valence-corrected chi connectivity index (χ2v) is 5.21. The predicted molar refractivity (Wildman–Crippen MR) is 70.2 cm³/mol. The van der Waals surface area contributed by atoms with E-state index in [1.807, 2.05) is 6.07 Å². The molecule has 0 aliphatic carbocycles. The summed E-state index contributed by atoms with van der Waals surface area (Å²) in [6.45, 7) is 6.86. The number of hydrogen-bond donors (Lipinski definition) is 1. The van der Waals surface area contributed by atoms with Crippen LogP contribution in [0.4, 0.5) is 0 Å². The number of para-hydroxylation sites is 2. The summed E-state index contributed by atoms with van der Waals surface area (Å²) < 4.78 is 0. The van der Waals surface area contributed by atoms with Crippen molar-refractivity contribution in [1.29, 1.82) is 0 Å². The molecule has 17 heavy (non-hydrogen) atoms. The number of nitrogens with zero attached hydrogens (tertiary/aromatic N) is 2. The van der Waals surface area contributed by atoms with Crippen LogP contribution >= 0.6 is 0 Å². The SMILES string of the molecule is CC(C)N1CCC(c2nc3ccccc3[nH]2)C1. The third kappa shape index (κ3) is 1.95. The van der Waals surface area contributed by atoms with Crippen LogP contribution in [-0.2, 0) is 0 Å². The topological polar surface area (TPSA) is 31.9 Å². The number of rotatable bonds is 2. The first-order chi connectivity index (χ1) is 8.24. The highest BCUT2D eigenvalue weighted by Crippen LogP contribution is 2.27. The minimum absolute atomic E-state index is 0.574. The fourth-order valence-corrected chi connectivity index (χ4v) is 2.65. The van der Waals surface area contributed by atoms with Crippen molar-refractivity contribution in [2.24, 2.45) is 0 Å². The third-order valence-electron chi connectivity index (χ3n) is 3.74. The monoisotopic (exact) mass is 229 g/mol. The van der Waals surface area contributed by atoms with Crippen molar-refractivity contribution >= 4 is 11.0 Å². The van der Waals surface area contributed by atoms with E-state index in [2.05, 4.69) is 41.9 Å². The Bertz CT molecular complexity index is 482. The molecule has 3 heteroatoms. The number of nitrogens with one attached hydrogen (secondary N) is 1. The quantitative estimate of drug-likeness (QED) is 0.858. The molecular weight excluding hydrogens is 210 g/mol. The molecule has 1 aliphatic heterocycles. The molecule has 3 rings (SSSR count). The number of likely N-dealkylation sites (tertiary alicyclic amines) is 1. The predicted octanol–water partition coefficient (Wildman–Crippen LogP) is 2.76. The molecule has 1 N–H and O–H groups in total. The lowest BCUT2D eigenvalue weighted by molar-refractivity contribution is 0.272. The summed E-state index contributed by atoms with van der Waals surface area (Å²) in [6, 6.07) is 8.91. The average Bonchev–Trinajstić information content (AvgIpc) is 2.95. The number of imidazole rings is 1. The smallest absolute Gasteiger partial charge is 0.111 e. The van der Waals surface area contributed by atoms with Crippen LogP contribution in [0.15, 0.2) is 24.3 Å². The Morgan fingerprint density at radius 1 is 1.35 bits per heavy atom. The summed E-state index contributed by atoms with van der Waals surface area (Å²) >= 11 is 0. The van der Waals surface area contributed by atoms with Crippen LogP contribution in [-0.4, -0.2) is 34.0 Å². The first-order valence-corrected chi connectivity index (χ1v) is 6.43. The van der Waals surface area contributed by atoms with E-state index in [0.717, 1.165) is 23.4 Å². The fourth-order valence-electron chi connectivity index (χ4n) is 2.65. The fraction of sp³-hybridized carbons (Fsp3) is 0.500. The van der Waals surface area contributed by atoms with Crippen molar-refractivity contribution in [1.82, 2.24) is 14.9 Å². The molecule has 1 fully saturated rings. The molecule has 0 radical (unpaired) electrons. The lowest BCUT2D eigenvalue weighted by Crippen LogP contribution is -2.28. The lowest BCUT2D eigenvalue weighted by atomic mass is 10.1. The standard InChI is InChI=1S/C14H19N3/c1-10(2)17-8-7-11(9-17)14-15-12-5-3-4-6-13(12)16-14/h3-6,10-11H,7-9H2,1-2H3,(H,15,16). The molecule has 2 aromatic rings. The molecule has 90 valence electrons. The maximum atomic E-state index is 4.71. The Balaban J connectivity index is 1.85. The highest BCUT2D eigenvalue weighted by Gasteiger charge is 2.27. The molecule has 1 aromatic heterocycles. The molecule has 0 amide bonds. The van der Waals surface area contributed by atoms with E-state index in [1.165, 1.54) is 13.0 Å². The normalized spacial score (nSPS) is 21.7. The third-order valence-corrected chi connectivity index (χ3v) is 3.74. The molecule has 2 heterocycles. The Kier molecular flexibility index (Phi) is 2.63. The van der Waals surface area contributed by atoms with Crippen LogP contribution in [0.1, 0.15) is 32.0 Å². The first-order valence-electron chi connectivity index (χ1n) is 6.43. The van der Waals surface area contributed by atoms with E-state index in [-0.39, 0.29) is 0 Å². The van der Waals surface area contributed by atoms with E-state index < -0.39 is 0 Å². The van der Waals surface area contributed by atoms with Gasteiger partial charge in [-0.05, 0) is 38.9 Å². The Morgan fingerprint density at radius 2 is 2.18 bits per heavy atom. The minimum atomic E-state index is 0.574. The number of aromatic amines is 1. The van der Waals surface area contributed by atoms with Gasteiger partial charge in [-0.1, -0.05) is 12.1 Å². The van der Waals surface area contributed by atoms with Crippen LogP contribution in [0.5, 0.6) is 0 Å². The average molecular weight is 229 g/mol. The van der Waals surface area contributed by atoms with Gasteiger partial charge < -0.3 is 9.88 Å². The second-order valence-electron chi connectivity index (χ2n) is 5.21. The molecule has 0 saturated carbocycles. The highest BCUT2D eigenvalue weighted by molar-refractivity contribution is 5.74. The summed E-state index contributed by atoms with van der Waals surface area (Å²) in [4.78, 5) is 10.7. The van der Waals surface area contributed by atoms with Gasteiger partial charge >= 0.3 is 0 Å². The van der Waals surface area contributed by atoms with Gasteiger partial charge in [0.2, 0.25) is 0 Å². The van der Waals surface area contributed by atoms with Gasteiger partial charge in [0.05, 0.1) is 11.0 Å². The molecule has 0 bridgehead atoms. The van der Waals surface area contributed by atoms with Crippen molar-refractivity contribution in [3.8, 4) is 0 Å². The van der Waals surface area contributed by atoms with E-state index >= 15 is 0 Å². The van der Waals surface area contributed by atoms with Crippen molar-refractivity contribution < 1.29 is 0 Å². The van der Waals surface area contributed by atoms with Crippen LogP contribution in [0, 0.1) is 0 Å². The van der Waals surface area contributed by atoms with Gasteiger partial charge in [-0.25, -0.2) is 4.98 Å². The lowest BCUT2D eigenvalue weighted by Gasteiger charge is -2.19. The van der Waals surface area contributed by atoms with Crippen molar-refractivity contribution in [3.63, 3.8) is 0 Å². The van der Waals surface area contributed by atoms with E-state index in [1.54, 1.807) is 0 Å². The Morgan fingerprint density at radius 3 is 2.88 bits per heavy atom. The molecule has 1 aliphatic rings. The number of benzene rings is 1. The zero-order valence-electron chi connectivity index (χ0n) is 10.5. The van der Waals surface area contributed by atoms with E-state index in [9.17, 15) is 0 Å². The highest BCUT2D eigenvalue weighted by atomic mass is 15.2. The Hall–Kier alpha value is -1.35. The summed E-state index contributed by atoms with van der Waals surface area (Å²) in [7, 11) is 0. The van der Waals surface area contributed by atoms with Crippen LogP contribution in [0.25, 0.3) is 11.0 Å². The number of aromatic nitrogens is 2. The van der Waals surface area contributed by atoms with Crippen LogP contribution in [0.3, 0.4) is 0 Å². The summed E-state index contributed by atoms with van der Waals surface area (Å²) in [5.41, 5.74) is 2.25. The van der Waals surface area contributed by atoms with Crippen LogP contribution < -0.4 is 0 Å². The van der Waals surface area contributed by atoms with E-state index in [4.69, 9.17) is 4.98 Å². The van der Waals surface area contributed by atoms with Gasteiger partial charge in [0.15, 0.2) is 0 Å². The molecule has 0 spiro atoms. The van der Waals surface area contributed by atoms with Gasteiger partial charge in [-0.15, -0.1) is 0 Å². The van der Waals surface area contributed by atoms with Gasteiger partial charge in [0.1, 0.15) is 5.82 Å². The molecular formula is C14H19N3. The first kappa shape index (κ1) is 10.8. The van der Waals surface area contributed by atoms with Gasteiger partial charge in [0, 0.05) is 18.5 Å². The van der Waals surface area contributed by atoms with Gasteiger partial charge in [0.25, 0.3) is 0 Å². The molecule has 1 unspecified atom stereocenters. The van der Waals surface area contributed by atoms with Gasteiger partial charge in [-0.2, -0.15) is 0 Å².